The Morgan fingerprint density at radius 1 is 1.10 bits per heavy atom. The lowest BCUT2D eigenvalue weighted by Crippen LogP contribution is -2.29. The molecule has 1 aliphatic heterocycles. The zero-order chi connectivity index (χ0) is 28.2. The van der Waals surface area contributed by atoms with Crippen LogP contribution in [0.3, 0.4) is 0 Å². The first kappa shape index (κ1) is 26.9. The maximum absolute atomic E-state index is 12.3. The van der Waals surface area contributed by atoms with Gasteiger partial charge in [0.25, 0.3) is 0 Å². The number of benzene rings is 2. The molecule has 1 saturated heterocycles. The van der Waals surface area contributed by atoms with E-state index in [4.69, 9.17) is 26.1 Å². The van der Waals surface area contributed by atoms with Crippen molar-refractivity contribution in [3.8, 4) is 17.1 Å². The molecular formula is C29H26N4O6S. The Labute approximate surface area is 235 Å². The zero-order valence-electron chi connectivity index (χ0n) is 21.7. The molecule has 0 bridgehead atoms. The van der Waals surface area contributed by atoms with Crippen LogP contribution in [0.25, 0.3) is 11.3 Å². The highest BCUT2D eigenvalue weighted by Crippen LogP contribution is 2.44. The van der Waals surface area contributed by atoms with Crippen LogP contribution in [0.2, 0.25) is 0 Å². The number of aromatic carboxylic acids is 1. The molecule has 40 heavy (non-hydrogen) atoms. The number of amides is 1. The van der Waals surface area contributed by atoms with E-state index in [-0.39, 0.29) is 18.1 Å². The number of anilines is 2. The summed E-state index contributed by atoms with van der Waals surface area (Å²) in [6.45, 7) is -0.117. The van der Waals surface area contributed by atoms with Crippen molar-refractivity contribution in [3.05, 3.63) is 96.0 Å². The topological polar surface area (TPSA) is 126 Å². The maximum atomic E-state index is 12.3. The first-order valence-electron chi connectivity index (χ1n) is 12.3. The molecule has 10 nitrogen and oxygen atoms in total. The predicted molar refractivity (Wildman–Crippen MR) is 153 cm³/mol. The van der Waals surface area contributed by atoms with Crippen molar-refractivity contribution in [2.24, 2.45) is 0 Å². The molecule has 1 fully saturated rings. The van der Waals surface area contributed by atoms with E-state index < -0.39 is 18.1 Å². The van der Waals surface area contributed by atoms with Crippen molar-refractivity contribution in [1.82, 2.24) is 10.3 Å². The smallest absolute Gasteiger partial charge is 0.336 e. The van der Waals surface area contributed by atoms with Crippen LogP contribution in [0.4, 0.5) is 11.4 Å². The first-order chi connectivity index (χ1) is 19.4. The minimum atomic E-state index is -1.05. The van der Waals surface area contributed by atoms with Gasteiger partial charge in [0.1, 0.15) is 29.9 Å². The number of hydrogen-bond donors (Lipinski definition) is 3. The quantitative estimate of drug-likeness (QED) is 0.246. The van der Waals surface area contributed by atoms with Gasteiger partial charge in [-0.1, -0.05) is 24.3 Å². The second-order valence-corrected chi connectivity index (χ2v) is 9.30. The third kappa shape index (κ3) is 5.24. The summed E-state index contributed by atoms with van der Waals surface area (Å²) in [6, 6.07) is 20.3. The molecule has 3 heterocycles. The monoisotopic (exact) mass is 558 g/mol. The number of nitrogens with zero attached hydrogens (tertiary/aromatic N) is 2. The number of aromatic nitrogens is 1. The van der Waals surface area contributed by atoms with Crippen molar-refractivity contribution in [3.63, 3.8) is 0 Å². The summed E-state index contributed by atoms with van der Waals surface area (Å²) in [7, 11) is 2.96. The van der Waals surface area contributed by atoms with Gasteiger partial charge in [0.2, 0.25) is 5.91 Å². The Morgan fingerprint density at radius 3 is 2.62 bits per heavy atom. The summed E-state index contributed by atoms with van der Waals surface area (Å²) in [4.78, 5) is 30.6. The predicted octanol–water partition coefficient (Wildman–Crippen LogP) is 4.81. The molecule has 4 aromatic rings. The molecule has 5 rings (SSSR count). The van der Waals surface area contributed by atoms with Crippen LogP contribution in [0, 0.1) is 0 Å². The molecule has 0 radical (unpaired) electrons. The van der Waals surface area contributed by atoms with Crippen LogP contribution in [0.15, 0.2) is 83.4 Å². The molecule has 204 valence electrons. The fourth-order valence-electron chi connectivity index (χ4n) is 4.72. The van der Waals surface area contributed by atoms with Gasteiger partial charge in [-0.3, -0.25) is 9.78 Å². The highest BCUT2D eigenvalue weighted by atomic mass is 32.1. The van der Waals surface area contributed by atoms with Crippen molar-refractivity contribution >= 4 is 40.6 Å². The van der Waals surface area contributed by atoms with Crippen molar-refractivity contribution < 1.29 is 28.6 Å². The van der Waals surface area contributed by atoms with Crippen LogP contribution >= 0.6 is 12.2 Å². The van der Waals surface area contributed by atoms with E-state index in [0.29, 0.717) is 39.3 Å². The Balaban J connectivity index is 1.60. The van der Waals surface area contributed by atoms with Crippen LogP contribution in [0.1, 0.15) is 33.9 Å². The lowest BCUT2D eigenvalue weighted by Gasteiger charge is -2.27. The molecule has 0 aliphatic carbocycles. The second kappa shape index (κ2) is 11.6. The summed E-state index contributed by atoms with van der Waals surface area (Å²) in [6.07, 6.45) is 1.70. The number of ether oxygens (including phenoxy) is 2. The summed E-state index contributed by atoms with van der Waals surface area (Å²) in [5.74, 6) is 0.0312. The SMILES string of the molecule is COCC(=O)Nc1cc(N2C(=S)N[C@H](c3ccccn3)[C@H]2c2ccc(-c3ccccc3C(=O)O)o2)ccc1OC. The van der Waals surface area contributed by atoms with Crippen molar-refractivity contribution in [1.29, 1.82) is 0 Å². The minimum absolute atomic E-state index is 0.117. The molecule has 11 heteroatoms. The van der Waals surface area contributed by atoms with Crippen LogP contribution in [-0.2, 0) is 9.53 Å². The Bertz CT molecular complexity index is 1560. The lowest BCUT2D eigenvalue weighted by atomic mass is 10.0. The Kier molecular flexibility index (Phi) is 7.76. The number of thiocarbonyl (C=S) groups is 1. The number of pyridine rings is 1. The third-order valence-corrected chi connectivity index (χ3v) is 6.76. The molecule has 2 aromatic heterocycles. The van der Waals surface area contributed by atoms with Gasteiger partial charge in [0.05, 0.1) is 30.1 Å². The molecule has 0 saturated carbocycles. The standard InChI is InChI=1S/C29H26N4O6S/c1-37-16-25(34)31-21-15-17(10-11-23(21)38-2)33-27(26(32-29(33)40)20-9-5-6-14-30-20)24-13-12-22(39-24)18-7-3-4-8-19(18)28(35)36/h3-15,26-27H,16H2,1-2H3,(H,31,34)(H,32,40)(H,35,36)/t26-,27-/m1/s1. The average Bonchev–Trinajstić information content (AvgIpc) is 3.58. The van der Waals surface area contributed by atoms with Crippen molar-refractivity contribution in [2.45, 2.75) is 12.1 Å². The molecule has 3 N–H and O–H groups in total. The second-order valence-electron chi connectivity index (χ2n) is 8.92. The normalized spacial score (nSPS) is 16.4. The largest absolute Gasteiger partial charge is 0.495 e. The summed E-state index contributed by atoms with van der Waals surface area (Å²) < 4.78 is 16.7. The number of furan rings is 1. The van der Waals surface area contributed by atoms with Gasteiger partial charge in [0.15, 0.2) is 5.11 Å². The number of rotatable bonds is 9. The number of carboxylic acid groups (broad SMARTS) is 1. The first-order valence-corrected chi connectivity index (χ1v) is 12.7. The minimum Gasteiger partial charge on any atom is -0.495 e. The van der Waals surface area contributed by atoms with Crippen LogP contribution in [-0.4, -0.2) is 47.9 Å². The van der Waals surface area contributed by atoms with Crippen molar-refractivity contribution in [2.75, 3.05) is 31.0 Å². The molecule has 1 amide bonds. The summed E-state index contributed by atoms with van der Waals surface area (Å²) >= 11 is 5.79. The molecule has 0 spiro atoms. The van der Waals surface area contributed by atoms with Crippen LogP contribution < -0.4 is 20.3 Å². The fourth-order valence-corrected chi connectivity index (χ4v) is 5.07. The van der Waals surface area contributed by atoms with E-state index in [0.717, 1.165) is 5.69 Å². The van der Waals surface area contributed by atoms with Gasteiger partial charge in [-0.05, 0) is 60.7 Å². The summed E-state index contributed by atoms with van der Waals surface area (Å²) in [5.41, 5.74) is 2.44. The lowest BCUT2D eigenvalue weighted by molar-refractivity contribution is -0.119. The number of carboxylic acids is 1. The number of methoxy groups -OCH3 is 2. The average molecular weight is 559 g/mol. The van der Waals surface area contributed by atoms with Gasteiger partial charge in [-0.25, -0.2) is 4.79 Å². The number of nitrogens with one attached hydrogen (secondary N) is 2. The zero-order valence-corrected chi connectivity index (χ0v) is 22.5. The van der Waals surface area contributed by atoms with E-state index in [1.54, 1.807) is 42.6 Å². The van der Waals surface area contributed by atoms with E-state index in [1.807, 2.05) is 35.2 Å². The van der Waals surface area contributed by atoms with Gasteiger partial charge in [-0.15, -0.1) is 0 Å². The van der Waals surface area contributed by atoms with E-state index in [9.17, 15) is 14.7 Å². The molecule has 1 aliphatic rings. The highest BCUT2D eigenvalue weighted by Gasteiger charge is 2.43. The Hall–Kier alpha value is -4.74. The molecule has 0 unspecified atom stereocenters. The van der Waals surface area contributed by atoms with Gasteiger partial charge in [-0.2, -0.15) is 0 Å². The summed E-state index contributed by atoms with van der Waals surface area (Å²) in [5, 5.41) is 16.3. The van der Waals surface area contributed by atoms with Gasteiger partial charge >= 0.3 is 5.97 Å². The number of carbonyl (C=O) groups excluding carboxylic acids is 1. The fraction of sp³-hybridized carbons (Fsp3) is 0.172. The third-order valence-electron chi connectivity index (χ3n) is 6.45. The van der Waals surface area contributed by atoms with Gasteiger partial charge in [0, 0.05) is 24.6 Å². The maximum Gasteiger partial charge on any atom is 0.336 e. The molecule has 2 aromatic carbocycles. The van der Waals surface area contributed by atoms with Gasteiger partial charge < -0.3 is 34.5 Å². The Morgan fingerprint density at radius 2 is 1.90 bits per heavy atom. The number of carbonyl (C=O) groups is 2. The molecular weight excluding hydrogens is 532 g/mol. The highest BCUT2D eigenvalue weighted by molar-refractivity contribution is 7.80. The molecule has 2 atom stereocenters. The number of hydrogen-bond acceptors (Lipinski definition) is 7. The van der Waals surface area contributed by atoms with E-state index >= 15 is 0 Å². The van der Waals surface area contributed by atoms with E-state index in [1.165, 1.54) is 20.3 Å². The van der Waals surface area contributed by atoms with Crippen LogP contribution in [0.5, 0.6) is 5.75 Å². The van der Waals surface area contributed by atoms with E-state index in [2.05, 4.69) is 15.6 Å².